The van der Waals surface area contributed by atoms with Crippen molar-refractivity contribution in [2.45, 2.75) is 0 Å². The standard InChI is InChI=1S/C13H20FN3O3S/c1-20-13-10-11(14)2-3-12(13)16-21(18,19)9-8-17-6-4-15-5-7-17/h2-3,10,15-16H,4-9H2,1H3. The monoisotopic (exact) mass is 317 g/mol. The van der Waals surface area contributed by atoms with Gasteiger partial charge in [-0.1, -0.05) is 0 Å². The lowest BCUT2D eigenvalue weighted by molar-refractivity contribution is 0.254. The number of nitrogens with one attached hydrogen (secondary N) is 2. The average Bonchev–Trinajstić information content (AvgIpc) is 2.48. The van der Waals surface area contributed by atoms with Crippen molar-refractivity contribution in [3.63, 3.8) is 0 Å². The molecule has 1 fully saturated rings. The predicted octanol–water partition coefficient (Wildman–Crippen LogP) is 0.481. The molecule has 0 bridgehead atoms. The Morgan fingerprint density at radius 3 is 2.76 bits per heavy atom. The zero-order valence-electron chi connectivity index (χ0n) is 11.9. The maximum absolute atomic E-state index is 13.1. The first-order valence-corrected chi connectivity index (χ1v) is 8.42. The van der Waals surface area contributed by atoms with Crippen molar-refractivity contribution in [3.05, 3.63) is 24.0 Å². The number of ether oxygens (including phenoxy) is 1. The van der Waals surface area contributed by atoms with Crippen molar-refractivity contribution in [1.29, 1.82) is 0 Å². The van der Waals surface area contributed by atoms with Gasteiger partial charge in [0.2, 0.25) is 10.0 Å². The van der Waals surface area contributed by atoms with Gasteiger partial charge in [0.05, 0.1) is 18.6 Å². The fraction of sp³-hybridized carbons (Fsp3) is 0.538. The highest BCUT2D eigenvalue weighted by Gasteiger charge is 2.17. The lowest BCUT2D eigenvalue weighted by atomic mass is 10.3. The smallest absolute Gasteiger partial charge is 0.234 e. The van der Waals surface area contributed by atoms with E-state index >= 15 is 0 Å². The third kappa shape index (κ3) is 4.83. The van der Waals surface area contributed by atoms with Gasteiger partial charge in [-0.25, -0.2) is 12.8 Å². The minimum atomic E-state index is -3.49. The van der Waals surface area contributed by atoms with Crippen molar-refractivity contribution < 1.29 is 17.5 Å². The van der Waals surface area contributed by atoms with Crippen molar-refractivity contribution in [3.8, 4) is 5.75 Å². The topological polar surface area (TPSA) is 70.7 Å². The molecule has 0 aromatic heterocycles. The van der Waals surface area contributed by atoms with E-state index in [-0.39, 0.29) is 17.2 Å². The van der Waals surface area contributed by atoms with E-state index in [1.807, 2.05) is 0 Å². The van der Waals surface area contributed by atoms with Gasteiger partial charge in [0.1, 0.15) is 11.6 Å². The molecule has 0 amide bonds. The molecular weight excluding hydrogens is 297 g/mol. The van der Waals surface area contributed by atoms with Crippen LogP contribution < -0.4 is 14.8 Å². The Labute approximate surface area is 124 Å². The number of hydrogen-bond acceptors (Lipinski definition) is 5. The molecule has 21 heavy (non-hydrogen) atoms. The van der Waals surface area contributed by atoms with Gasteiger partial charge in [-0.2, -0.15) is 0 Å². The molecule has 1 heterocycles. The highest BCUT2D eigenvalue weighted by atomic mass is 32.2. The first kappa shape index (κ1) is 16.0. The Bertz CT molecular complexity index is 574. The van der Waals surface area contributed by atoms with E-state index in [0.29, 0.717) is 6.54 Å². The van der Waals surface area contributed by atoms with Gasteiger partial charge in [0.25, 0.3) is 0 Å². The normalized spacial score (nSPS) is 16.7. The molecule has 0 atom stereocenters. The van der Waals surface area contributed by atoms with Gasteiger partial charge >= 0.3 is 0 Å². The fourth-order valence-corrected chi connectivity index (χ4v) is 3.26. The SMILES string of the molecule is COc1cc(F)ccc1NS(=O)(=O)CCN1CCNCC1. The van der Waals surface area contributed by atoms with Gasteiger partial charge in [-0.05, 0) is 12.1 Å². The van der Waals surface area contributed by atoms with Gasteiger partial charge in [-0.15, -0.1) is 0 Å². The zero-order chi connectivity index (χ0) is 15.3. The minimum absolute atomic E-state index is 0.00642. The number of sulfonamides is 1. The average molecular weight is 317 g/mol. The number of rotatable bonds is 6. The molecule has 6 nitrogen and oxygen atoms in total. The predicted molar refractivity (Wildman–Crippen MR) is 79.7 cm³/mol. The summed E-state index contributed by atoms with van der Waals surface area (Å²) in [6, 6.07) is 3.70. The molecule has 2 rings (SSSR count). The Morgan fingerprint density at radius 2 is 2.10 bits per heavy atom. The summed E-state index contributed by atoms with van der Waals surface area (Å²) >= 11 is 0. The van der Waals surface area contributed by atoms with E-state index < -0.39 is 15.8 Å². The molecule has 0 spiro atoms. The first-order chi connectivity index (χ1) is 10.00. The fourth-order valence-electron chi connectivity index (χ4n) is 2.15. The summed E-state index contributed by atoms with van der Waals surface area (Å²) < 4.78 is 44.7. The molecule has 0 saturated carbocycles. The highest BCUT2D eigenvalue weighted by molar-refractivity contribution is 7.92. The van der Waals surface area contributed by atoms with Crippen molar-refractivity contribution in [2.24, 2.45) is 0 Å². The van der Waals surface area contributed by atoms with Crippen molar-refractivity contribution in [2.75, 3.05) is 50.3 Å². The molecule has 118 valence electrons. The summed E-state index contributed by atoms with van der Waals surface area (Å²) in [5, 5.41) is 3.21. The molecule has 0 unspecified atom stereocenters. The summed E-state index contributed by atoms with van der Waals surface area (Å²) in [5.41, 5.74) is 0.249. The molecule has 1 aliphatic rings. The molecule has 1 aromatic rings. The highest BCUT2D eigenvalue weighted by Crippen LogP contribution is 2.25. The second-order valence-corrected chi connectivity index (χ2v) is 6.70. The minimum Gasteiger partial charge on any atom is -0.494 e. The van der Waals surface area contributed by atoms with Crippen LogP contribution in [0.25, 0.3) is 0 Å². The van der Waals surface area contributed by atoms with Crippen LogP contribution in [0.15, 0.2) is 18.2 Å². The van der Waals surface area contributed by atoms with E-state index in [2.05, 4.69) is 14.9 Å². The van der Waals surface area contributed by atoms with Crippen molar-refractivity contribution in [1.82, 2.24) is 10.2 Å². The summed E-state index contributed by atoms with van der Waals surface area (Å²) in [6.07, 6.45) is 0. The Morgan fingerprint density at radius 1 is 1.38 bits per heavy atom. The number of benzene rings is 1. The van der Waals surface area contributed by atoms with Gasteiger partial charge in [0.15, 0.2) is 0 Å². The quantitative estimate of drug-likeness (QED) is 0.799. The van der Waals surface area contributed by atoms with Crippen LogP contribution in [0.3, 0.4) is 0 Å². The lowest BCUT2D eigenvalue weighted by Gasteiger charge is -2.27. The van der Waals surface area contributed by atoms with Gasteiger partial charge < -0.3 is 10.1 Å². The summed E-state index contributed by atoms with van der Waals surface area (Å²) in [5.74, 6) is -0.315. The van der Waals surface area contributed by atoms with Gasteiger partial charge in [0, 0.05) is 38.8 Å². The molecule has 8 heteroatoms. The van der Waals surface area contributed by atoms with Crippen LogP contribution in [0, 0.1) is 5.82 Å². The zero-order valence-corrected chi connectivity index (χ0v) is 12.7. The Balaban J connectivity index is 1.97. The molecule has 0 radical (unpaired) electrons. The van der Waals surface area contributed by atoms with Crippen LogP contribution in [0.4, 0.5) is 10.1 Å². The second kappa shape index (κ2) is 7.06. The first-order valence-electron chi connectivity index (χ1n) is 6.77. The lowest BCUT2D eigenvalue weighted by Crippen LogP contribution is -2.45. The van der Waals surface area contributed by atoms with Crippen LogP contribution >= 0.6 is 0 Å². The molecular formula is C13H20FN3O3S. The third-order valence-electron chi connectivity index (χ3n) is 3.31. The number of nitrogens with zero attached hydrogens (tertiary/aromatic N) is 1. The number of halogens is 1. The Hall–Kier alpha value is -1.38. The summed E-state index contributed by atoms with van der Waals surface area (Å²) in [7, 11) is -2.13. The second-order valence-electron chi connectivity index (χ2n) is 4.86. The molecule has 1 aliphatic heterocycles. The number of piperazine rings is 1. The molecule has 1 aromatic carbocycles. The van der Waals surface area contributed by atoms with E-state index in [1.165, 1.54) is 19.2 Å². The van der Waals surface area contributed by atoms with Gasteiger partial charge in [-0.3, -0.25) is 9.62 Å². The van der Waals surface area contributed by atoms with Crippen molar-refractivity contribution >= 4 is 15.7 Å². The maximum Gasteiger partial charge on any atom is 0.234 e. The van der Waals surface area contributed by atoms with E-state index in [9.17, 15) is 12.8 Å². The number of hydrogen-bond donors (Lipinski definition) is 2. The number of methoxy groups -OCH3 is 1. The van der Waals surface area contributed by atoms with Crippen LogP contribution in [0.2, 0.25) is 0 Å². The summed E-state index contributed by atoms with van der Waals surface area (Å²) in [4.78, 5) is 2.09. The van der Waals surface area contributed by atoms with Crippen LogP contribution in [0.1, 0.15) is 0 Å². The molecule has 0 aliphatic carbocycles. The summed E-state index contributed by atoms with van der Waals surface area (Å²) in [6.45, 7) is 3.91. The van der Waals surface area contributed by atoms with Crippen LogP contribution in [-0.2, 0) is 10.0 Å². The largest absolute Gasteiger partial charge is 0.494 e. The molecule has 2 N–H and O–H groups in total. The van der Waals surface area contributed by atoms with Crippen LogP contribution in [0.5, 0.6) is 5.75 Å². The maximum atomic E-state index is 13.1. The Kier molecular flexibility index (Phi) is 5.38. The van der Waals surface area contributed by atoms with E-state index in [0.717, 1.165) is 32.2 Å². The van der Waals surface area contributed by atoms with Crippen LogP contribution in [-0.4, -0.2) is 58.9 Å². The third-order valence-corrected chi connectivity index (χ3v) is 4.57. The molecule has 1 saturated heterocycles. The van der Waals surface area contributed by atoms with E-state index in [4.69, 9.17) is 4.74 Å². The number of anilines is 1. The van der Waals surface area contributed by atoms with E-state index in [1.54, 1.807) is 0 Å².